The number of amides is 1. The number of likely N-dealkylation sites (tertiary alicyclic amines) is 1. The summed E-state index contributed by atoms with van der Waals surface area (Å²) in [7, 11) is 14.5. The molecular formula is C26H31Cl2N3ORu. The first-order valence-electron chi connectivity index (χ1n) is 11.1. The number of benzene rings is 2. The first-order valence-corrected chi connectivity index (χ1v) is 17.4. The Labute approximate surface area is 206 Å². The van der Waals surface area contributed by atoms with Crippen LogP contribution >= 0.6 is 19.4 Å². The summed E-state index contributed by atoms with van der Waals surface area (Å²) < 4.78 is 6.98. The molecule has 1 amide bonds. The van der Waals surface area contributed by atoms with Crippen molar-refractivity contribution in [3.8, 4) is 11.4 Å². The number of halogens is 2. The first kappa shape index (κ1) is 24.3. The number of rotatable bonds is 3. The molecule has 4 nitrogen and oxygen atoms in total. The predicted octanol–water partition coefficient (Wildman–Crippen LogP) is 6.49. The Hall–Kier alpha value is -1.81. The van der Waals surface area contributed by atoms with E-state index < -0.39 is 11.9 Å². The van der Waals surface area contributed by atoms with Gasteiger partial charge >= 0.3 is 207 Å². The third kappa shape index (κ3) is 4.60. The summed E-state index contributed by atoms with van der Waals surface area (Å²) in [5.74, 6) is 0.0941. The third-order valence-electron chi connectivity index (χ3n) is 6.05. The Morgan fingerprint density at radius 2 is 1.21 bits per heavy atom. The summed E-state index contributed by atoms with van der Waals surface area (Å²) in [6.07, 6.45) is 5.50. The van der Waals surface area contributed by atoms with E-state index in [4.69, 9.17) is 19.4 Å². The molecule has 1 aliphatic heterocycles. The zero-order chi connectivity index (χ0) is 24.1. The monoisotopic (exact) mass is 573 g/mol. The molecule has 1 saturated heterocycles. The Morgan fingerprint density at radius 1 is 0.788 bits per heavy atom. The van der Waals surface area contributed by atoms with Gasteiger partial charge in [0.25, 0.3) is 0 Å². The summed E-state index contributed by atoms with van der Waals surface area (Å²) >= 11 is -3.67. The molecule has 0 radical (unpaired) electrons. The van der Waals surface area contributed by atoms with Gasteiger partial charge in [-0.2, -0.15) is 0 Å². The fraction of sp³-hybridized carbons (Fsp3) is 0.346. The fourth-order valence-corrected chi connectivity index (χ4v) is 10.6. The van der Waals surface area contributed by atoms with E-state index in [0.29, 0.717) is 13.0 Å². The number of aryl methyl sites for hydroxylation is 6. The second-order valence-electron chi connectivity index (χ2n) is 9.01. The molecule has 178 valence electrons. The van der Waals surface area contributed by atoms with Crippen molar-refractivity contribution in [1.82, 2.24) is 14.0 Å². The summed E-state index contributed by atoms with van der Waals surface area (Å²) in [4.78, 5) is 14.1. The Kier molecular flexibility index (Phi) is 6.70. The molecule has 3 aromatic rings. The van der Waals surface area contributed by atoms with Crippen LogP contribution in [0.15, 0.2) is 36.7 Å². The van der Waals surface area contributed by atoms with Gasteiger partial charge in [0.2, 0.25) is 0 Å². The average molecular weight is 574 g/mol. The molecule has 7 heteroatoms. The van der Waals surface area contributed by atoms with Crippen molar-refractivity contribution in [2.75, 3.05) is 6.54 Å². The van der Waals surface area contributed by atoms with Gasteiger partial charge in [-0.05, 0) is 0 Å². The molecule has 33 heavy (non-hydrogen) atoms. The molecule has 0 aliphatic carbocycles. The first-order chi connectivity index (χ1) is 15.5. The Bertz CT molecular complexity index is 1310. The molecular weight excluding hydrogens is 542 g/mol. The van der Waals surface area contributed by atoms with Gasteiger partial charge in [-0.15, -0.1) is 0 Å². The van der Waals surface area contributed by atoms with Gasteiger partial charge < -0.3 is 0 Å². The second-order valence-corrected chi connectivity index (χ2v) is 18.2. The van der Waals surface area contributed by atoms with Crippen LogP contribution in [-0.4, -0.2) is 31.2 Å². The van der Waals surface area contributed by atoms with Crippen molar-refractivity contribution >= 4 is 30.0 Å². The second kappa shape index (κ2) is 9.09. The van der Waals surface area contributed by atoms with Gasteiger partial charge in [-0.1, -0.05) is 0 Å². The van der Waals surface area contributed by atoms with Crippen molar-refractivity contribution < 1.29 is 16.7 Å². The summed E-state index contributed by atoms with van der Waals surface area (Å²) in [5, 5.41) is 0. The molecule has 2 aromatic carbocycles. The van der Waals surface area contributed by atoms with Crippen molar-refractivity contribution in [2.24, 2.45) is 0 Å². The van der Waals surface area contributed by atoms with Gasteiger partial charge in [0.1, 0.15) is 0 Å². The molecule has 1 aliphatic rings. The van der Waals surface area contributed by atoms with E-state index in [1.54, 1.807) is 4.90 Å². The van der Waals surface area contributed by atoms with E-state index in [0.717, 1.165) is 44.1 Å². The third-order valence-corrected chi connectivity index (χ3v) is 11.3. The van der Waals surface area contributed by atoms with E-state index in [1.807, 2.05) is 4.73 Å². The minimum atomic E-state index is -3.67. The topological polar surface area (TPSA) is 30.2 Å². The normalized spacial score (nSPS) is 14.8. The number of aromatic nitrogens is 2. The molecule has 0 bridgehead atoms. The SMILES string of the molecule is Cc1cc(C)c(-n2ccn(-c3c(C)cc(C)cc3C)[c]2=[Ru]([Cl])([Cl])=[CH]N2CCCC2=O)c(C)c1. The molecule has 4 rings (SSSR count). The van der Waals surface area contributed by atoms with E-state index in [9.17, 15) is 4.79 Å². The minimum absolute atomic E-state index is 0.0941. The van der Waals surface area contributed by atoms with Gasteiger partial charge in [-0.3, -0.25) is 0 Å². The van der Waals surface area contributed by atoms with Crippen molar-refractivity contribution in [1.29, 1.82) is 0 Å². The quantitative estimate of drug-likeness (QED) is 0.330. The summed E-state index contributed by atoms with van der Waals surface area (Å²) in [6, 6.07) is 8.73. The molecule has 0 spiro atoms. The average Bonchev–Trinajstić information content (AvgIpc) is 3.27. The zero-order valence-corrected chi connectivity index (χ0v) is 23.3. The van der Waals surface area contributed by atoms with Crippen LogP contribution < -0.4 is 0 Å². The number of imidazole rings is 1. The van der Waals surface area contributed by atoms with E-state index >= 15 is 0 Å². The number of carbonyl (C=O) groups excluding carboxylic acids is 1. The maximum atomic E-state index is 12.4. The van der Waals surface area contributed by atoms with Crippen LogP contribution in [0.2, 0.25) is 0 Å². The Morgan fingerprint density at radius 3 is 1.58 bits per heavy atom. The maximum absolute atomic E-state index is 12.4. The standard InChI is InChI=1S/C21H24N2.C5H7NO.2ClH.Ru/c1-14-9-16(3)20(17(4)10-14)22-7-8-23(13-22)21-18(5)11-15(2)12-19(21)6;1-6-4-2-3-5(6)7;;;/h7-12H,1-6H3;1H,2-4H2;2*1H;/q;;;;+2/p-2. The molecule has 1 fully saturated rings. The van der Waals surface area contributed by atoms with Crippen molar-refractivity contribution in [2.45, 2.75) is 54.4 Å². The number of nitrogens with zero attached hydrogens (tertiary/aromatic N) is 3. The van der Waals surface area contributed by atoms with Crippen molar-refractivity contribution in [3.05, 3.63) is 74.1 Å². The van der Waals surface area contributed by atoms with Crippen LogP contribution in [-0.2, 0) is 16.7 Å². The van der Waals surface area contributed by atoms with Crippen LogP contribution in [0.4, 0.5) is 0 Å². The van der Waals surface area contributed by atoms with Crippen LogP contribution in [0.1, 0.15) is 46.2 Å². The summed E-state index contributed by atoms with van der Waals surface area (Å²) in [5.41, 5.74) is 9.26. The number of hydrogen-bond acceptors (Lipinski definition) is 1. The zero-order valence-electron chi connectivity index (χ0n) is 20.0. The van der Waals surface area contributed by atoms with Gasteiger partial charge in [-0.25, -0.2) is 0 Å². The molecule has 0 unspecified atom stereocenters. The van der Waals surface area contributed by atoms with E-state index in [1.165, 1.54) is 11.1 Å². The van der Waals surface area contributed by atoms with Crippen LogP contribution in [0.3, 0.4) is 0 Å². The van der Waals surface area contributed by atoms with Crippen LogP contribution in [0.25, 0.3) is 11.4 Å². The Balaban J connectivity index is 2.18. The van der Waals surface area contributed by atoms with Gasteiger partial charge in [0, 0.05) is 0 Å². The van der Waals surface area contributed by atoms with Crippen molar-refractivity contribution in [3.63, 3.8) is 0 Å². The van der Waals surface area contributed by atoms with Gasteiger partial charge in [0.15, 0.2) is 0 Å². The molecule has 1 aromatic heterocycles. The van der Waals surface area contributed by atoms with Gasteiger partial charge in [0.05, 0.1) is 0 Å². The van der Waals surface area contributed by atoms with Crippen LogP contribution in [0.5, 0.6) is 0 Å². The van der Waals surface area contributed by atoms with E-state index in [-0.39, 0.29) is 5.91 Å². The van der Waals surface area contributed by atoms with Crippen LogP contribution in [0, 0.1) is 45.6 Å². The number of carbonyl (C=O) groups is 1. The molecule has 0 atom stereocenters. The molecule has 2 heterocycles. The number of hydrogen-bond donors (Lipinski definition) is 0. The molecule has 0 N–H and O–H groups in total. The van der Waals surface area contributed by atoms with E-state index in [2.05, 4.69) is 87.3 Å². The fourth-order valence-electron chi connectivity index (χ4n) is 4.97. The summed E-state index contributed by atoms with van der Waals surface area (Å²) in [6.45, 7) is 13.4. The predicted molar refractivity (Wildman–Crippen MR) is 135 cm³/mol. The molecule has 0 saturated carbocycles.